The minimum atomic E-state index is -0.0817. The highest BCUT2D eigenvalue weighted by atomic mass is 16.5. The Morgan fingerprint density at radius 2 is 1.80 bits per heavy atom. The molecule has 0 amide bonds. The Labute approximate surface area is 180 Å². The summed E-state index contributed by atoms with van der Waals surface area (Å²) in [6.45, 7) is 4.82. The van der Waals surface area contributed by atoms with Gasteiger partial charge in [0.05, 0.1) is 6.42 Å². The molecule has 1 aromatic carbocycles. The average molecular weight is 407 g/mol. The minimum absolute atomic E-state index is 0.0531. The fraction of sp³-hybridized carbons (Fsp3) is 0.630. The molecule has 5 rings (SSSR count). The van der Waals surface area contributed by atoms with Crippen LogP contribution < -0.4 is 0 Å². The van der Waals surface area contributed by atoms with Crippen molar-refractivity contribution in [3.8, 4) is 0 Å². The molecule has 0 N–H and O–H groups in total. The first-order valence-corrected chi connectivity index (χ1v) is 11.9. The van der Waals surface area contributed by atoms with Crippen LogP contribution >= 0.6 is 0 Å². The molecule has 3 fully saturated rings. The van der Waals surface area contributed by atoms with Crippen molar-refractivity contribution in [3.63, 3.8) is 0 Å². The lowest BCUT2D eigenvalue weighted by Gasteiger charge is -2.57. The molecule has 1 aromatic rings. The molecule has 0 bridgehead atoms. The van der Waals surface area contributed by atoms with E-state index in [1.54, 1.807) is 0 Å². The summed E-state index contributed by atoms with van der Waals surface area (Å²) < 4.78 is 6.12. The van der Waals surface area contributed by atoms with Crippen LogP contribution in [-0.4, -0.2) is 17.9 Å². The fourth-order valence-corrected chi connectivity index (χ4v) is 7.67. The molecule has 4 aliphatic carbocycles. The Balaban J connectivity index is 1.31. The summed E-state index contributed by atoms with van der Waals surface area (Å²) in [7, 11) is 0. The number of rotatable bonds is 3. The molecule has 160 valence electrons. The number of fused-ring (bicyclic) bond motifs is 5. The van der Waals surface area contributed by atoms with E-state index in [-0.39, 0.29) is 22.9 Å². The van der Waals surface area contributed by atoms with Gasteiger partial charge in [0.1, 0.15) is 6.10 Å². The zero-order chi connectivity index (χ0) is 20.9. The number of ether oxygens (including phenoxy) is 1. The van der Waals surface area contributed by atoms with Crippen molar-refractivity contribution in [1.82, 2.24) is 0 Å². The van der Waals surface area contributed by atoms with Crippen molar-refractivity contribution in [3.05, 3.63) is 47.5 Å². The van der Waals surface area contributed by atoms with Crippen LogP contribution in [0.1, 0.15) is 70.8 Å². The number of carbonyl (C=O) groups excluding carboxylic acids is 2. The van der Waals surface area contributed by atoms with Crippen LogP contribution in [0.2, 0.25) is 0 Å². The highest BCUT2D eigenvalue weighted by Crippen LogP contribution is 2.65. The van der Waals surface area contributed by atoms with Gasteiger partial charge in [-0.25, -0.2) is 0 Å². The molecule has 1 unspecified atom stereocenters. The van der Waals surface area contributed by atoms with E-state index in [0.29, 0.717) is 36.4 Å². The molecule has 4 aliphatic rings. The lowest BCUT2D eigenvalue weighted by atomic mass is 9.47. The molecule has 3 saturated carbocycles. The van der Waals surface area contributed by atoms with Gasteiger partial charge in [0.2, 0.25) is 0 Å². The van der Waals surface area contributed by atoms with Gasteiger partial charge in [0.15, 0.2) is 5.78 Å². The van der Waals surface area contributed by atoms with Gasteiger partial charge >= 0.3 is 5.97 Å². The Bertz CT molecular complexity index is 871. The number of ketones is 1. The van der Waals surface area contributed by atoms with Gasteiger partial charge in [-0.15, -0.1) is 0 Å². The maximum Gasteiger partial charge on any atom is 0.310 e. The first kappa shape index (κ1) is 20.0. The van der Waals surface area contributed by atoms with E-state index in [2.05, 4.69) is 13.8 Å². The molecule has 0 spiro atoms. The number of hydrogen-bond donors (Lipinski definition) is 0. The molecular weight excluding hydrogens is 372 g/mol. The van der Waals surface area contributed by atoms with E-state index >= 15 is 0 Å². The van der Waals surface area contributed by atoms with E-state index in [4.69, 9.17) is 4.74 Å². The SMILES string of the molecule is C[C@@]12CC[C@@H]3[C@H](CCC4=CC(=O)CC[C@]43C)[C@H]1CCC2OC(=O)Cc1ccccc1. The van der Waals surface area contributed by atoms with Gasteiger partial charge in [0, 0.05) is 11.8 Å². The summed E-state index contributed by atoms with van der Waals surface area (Å²) in [5.41, 5.74) is 2.76. The maximum atomic E-state index is 12.7. The Morgan fingerprint density at radius 3 is 2.60 bits per heavy atom. The molecule has 0 aliphatic heterocycles. The monoisotopic (exact) mass is 406 g/mol. The number of hydrogen-bond acceptors (Lipinski definition) is 3. The van der Waals surface area contributed by atoms with Gasteiger partial charge in [-0.2, -0.15) is 0 Å². The van der Waals surface area contributed by atoms with E-state index in [9.17, 15) is 9.59 Å². The summed E-state index contributed by atoms with van der Waals surface area (Å²) >= 11 is 0. The standard InChI is InChI=1S/C27H34O3/c1-26-14-12-20(28)17-19(26)8-9-21-22-10-11-24(27(22,2)15-13-23(21)26)30-25(29)16-18-6-4-3-5-7-18/h3-7,17,21-24H,8-16H2,1-2H3/t21-,22-,23-,24?,26-,27-/m1/s1. The summed E-state index contributed by atoms with van der Waals surface area (Å²) in [6.07, 6.45) is 10.9. The average Bonchev–Trinajstić information content (AvgIpc) is 3.05. The first-order valence-electron chi connectivity index (χ1n) is 11.9. The molecule has 3 heteroatoms. The third-order valence-corrected chi connectivity index (χ3v) is 9.34. The molecule has 3 nitrogen and oxygen atoms in total. The zero-order valence-electron chi connectivity index (χ0n) is 18.4. The van der Waals surface area contributed by atoms with E-state index in [1.165, 1.54) is 24.8 Å². The highest BCUT2D eigenvalue weighted by molar-refractivity contribution is 5.91. The third kappa shape index (κ3) is 3.16. The van der Waals surface area contributed by atoms with Crippen LogP contribution in [0.4, 0.5) is 0 Å². The molecule has 0 saturated heterocycles. The second kappa shape index (κ2) is 7.35. The predicted molar refractivity (Wildman–Crippen MR) is 117 cm³/mol. The molecule has 0 radical (unpaired) electrons. The van der Waals surface area contributed by atoms with E-state index < -0.39 is 0 Å². The predicted octanol–water partition coefficient (Wildman–Crippen LogP) is 5.67. The summed E-state index contributed by atoms with van der Waals surface area (Å²) in [5.74, 6) is 2.27. The molecule has 0 heterocycles. The lowest BCUT2D eigenvalue weighted by molar-refractivity contribution is -0.159. The van der Waals surface area contributed by atoms with Crippen LogP contribution in [0.15, 0.2) is 42.0 Å². The zero-order valence-corrected chi connectivity index (χ0v) is 18.4. The summed E-state index contributed by atoms with van der Waals surface area (Å²) in [6, 6.07) is 9.91. The van der Waals surface area contributed by atoms with Crippen molar-refractivity contribution >= 4 is 11.8 Å². The van der Waals surface area contributed by atoms with Crippen LogP contribution in [0.25, 0.3) is 0 Å². The first-order chi connectivity index (χ1) is 14.4. The van der Waals surface area contributed by atoms with Crippen molar-refractivity contribution in [2.75, 3.05) is 0 Å². The van der Waals surface area contributed by atoms with Crippen LogP contribution in [0, 0.1) is 28.6 Å². The van der Waals surface area contributed by atoms with Crippen molar-refractivity contribution in [2.45, 2.75) is 77.7 Å². The Morgan fingerprint density at radius 1 is 1.00 bits per heavy atom. The number of carbonyl (C=O) groups is 2. The van der Waals surface area contributed by atoms with Crippen molar-refractivity contribution in [1.29, 1.82) is 0 Å². The van der Waals surface area contributed by atoms with Gasteiger partial charge in [-0.1, -0.05) is 49.8 Å². The fourth-order valence-electron chi connectivity index (χ4n) is 7.67. The molecule has 30 heavy (non-hydrogen) atoms. The Kier molecular flexibility index (Phi) is 4.91. The summed E-state index contributed by atoms with van der Waals surface area (Å²) in [5, 5.41) is 0. The van der Waals surface area contributed by atoms with Gasteiger partial charge < -0.3 is 4.74 Å². The van der Waals surface area contributed by atoms with Crippen molar-refractivity contribution in [2.24, 2.45) is 28.6 Å². The largest absolute Gasteiger partial charge is 0.462 e. The lowest BCUT2D eigenvalue weighted by Crippen LogP contribution is -2.51. The quantitative estimate of drug-likeness (QED) is 0.607. The van der Waals surface area contributed by atoms with Crippen LogP contribution in [0.3, 0.4) is 0 Å². The van der Waals surface area contributed by atoms with Crippen LogP contribution in [-0.2, 0) is 20.7 Å². The molecular formula is C27H34O3. The highest BCUT2D eigenvalue weighted by Gasteiger charge is 2.59. The van der Waals surface area contributed by atoms with Crippen molar-refractivity contribution < 1.29 is 14.3 Å². The Hall–Kier alpha value is -1.90. The van der Waals surface area contributed by atoms with Gasteiger partial charge in [-0.3, -0.25) is 9.59 Å². The second-order valence-electron chi connectivity index (χ2n) is 10.7. The number of benzene rings is 1. The second-order valence-corrected chi connectivity index (χ2v) is 10.7. The van der Waals surface area contributed by atoms with Crippen LogP contribution in [0.5, 0.6) is 0 Å². The number of allylic oxidation sites excluding steroid dienone is 1. The normalized spacial score (nSPS) is 40.1. The van der Waals surface area contributed by atoms with Gasteiger partial charge in [-0.05, 0) is 79.8 Å². The molecule has 6 atom stereocenters. The topological polar surface area (TPSA) is 43.4 Å². The maximum absolute atomic E-state index is 12.7. The van der Waals surface area contributed by atoms with Gasteiger partial charge in [0.25, 0.3) is 0 Å². The van der Waals surface area contributed by atoms with E-state index in [1.807, 2.05) is 36.4 Å². The molecule has 0 aromatic heterocycles. The smallest absolute Gasteiger partial charge is 0.310 e. The van der Waals surface area contributed by atoms with E-state index in [0.717, 1.165) is 31.2 Å². The minimum Gasteiger partial charge on any atom is -0.462 e. The number of esters is 1. The summed E-state index contributed by atoms with van der Waals surface area (Å²) in [4.78, 5) is 24.7. The third-order valence-electron chi connectivity index (χ3n) is 9.34.